The Hall–Kier alpha value is -2.08. The summed E-state index contributed by atoms with van der Waals surface area (Å²) in [4.78, 5) is 26.6. The van der Waals surface area contributed by atoms with Gasteiger partial charge in [-0.1, -0.05) is 19.3 Å². The van der Waals surface area contributed by atoms with Crippen molar-refractivity contribution in [1.82, 2.24) is 10.2 Å². The average molecular weight is 347 g/mol. The zero-order chi connectivity index (χ0) is 18.4. The van der Waals surface area contributed by atoms with E-state index in [4.69, 9.17) is 4.74 Å². The van der Waals surface area contributed by atoms with Crippen molar-refractivity contribution >= 4 is 17.5 Å². The van der Waals surface area contributed by atoms with E-state index in [1.165, 1.54) is 6.42 Å². The van der Waals surface area contributed by atoms with Gasteiger partial charge in [-0.15, -0.1) is 0 Å². The van der Waals surface area contributed by atoms with Gasteiger partial charge in [0.05, 0.1) is 7.11 Å². The highest BCUT2D eigenvalue weighted by Crippen LogP contribution is 2.31. The standard InChI is InChI=1S/C19H29N3O3/c1-14-12-15(25-4)8-9-16(14)21-18(24)17(23)20-13-19(22(2)3)10-6-5-7-11-19/h8-9,12H,5-7,10-11,13H2,1-4H3,(H,20,23)(H,21,24). The van der Waals surface area contributed by atoms with E-state index in [2.05, 4.69) is 15.5 Å². The zero-order valence-electron chi connectivity index (χ0n) is 15.6. The molecule has 1 aromatic carbocycles. The molecule has 1 saturated carbocycles. The van der Waals surface area contributed by atoms with Gasteiger partial charge in [0.25, 0.3) is 0 Å². The number of nitrogens with zero attached hydrogens (tertiary/aromatic N) is 1. The maximum atomic E-state index is 12.2. The van der Waals surface area contributed by atoms with Gasteiger partial charge in [0.2, 0.25) is 0 Å². The fourth-order valence-corrected chi connectivity index (χ4v) is 3.40. The quantitative estimate of drug-likeness (QED) is 0.802. The van der Waals surface area contributed by atoms with Crippen LogP contribution in [0.5, 0.6) is 5.75 Å². The lowest BCUT2D eigenvalue weighted by Crippen LogP contribution is -2.55. The van der Waals surface area contributed by atoms with Crippen molar-refractivity contribution in [2.45, 2.75) is 44.6 Å². The molecule has 6 heteroatoms. The minimum atomic E-state index is -0.641. The molecule has 1 aliphatic carbocycles. The predicted molar refractivity (Wildman–Crippen MR) is 98.9 cm³/mol. The number of likely N-dealkylation sites (N-methyl/N-ethyl adjacent to an activating group) is 1. The summed E-state index contributed by atoms with van der Waals surface area (Å²) in [6.45, 7) is 2.35. The lowest BCUT2D eigenvalue weighted by atomic mass is 9.80. The second-order valence-corrected chi connectivity index (χ2v) is 7.00. The third kappa shape index (κ3) is 4.72. The summed E-state index contributed by atoms with van der Waals surface area (Å²) in [6, 6.07) is 5.31. The number of rotatable bonds is 5. The lowest BCUT2D eigenvalue weighted by molar-refractivity contribution is -0.136. The fourth-order valence-electron chi connectivity index (χ4n) is 3.40. The molecular weight excluding hydrogens is 318 g/mol. The van der Waals surface area contributed by atoms with Crippen LogP contribution in [-0.4, -0.2) is 50.0 Å². The molecule has 6 nitrogen and oxygen atoms in total. The molecule has 1 aromatic rings. The predicted octanol–water partition coefficient (Wildman–Crippen LogP) is 2.32. The second kappa shape index (κ2) is 8.34. The summed E-state index contributed by atoms with van der Waals surface area (Å²) < 4.78 is 5.15. The molecule has 138 valence electrons. The first kappa shape index (κ1) is 19.2. The Morgan fingerprint density at radius 1 is 1.16 bits per heavy atom. The van der Waals surface area contributed by atoms with E-state index in [9.17, 15) is 9.59 Å². The van der Waals surface area contributed by atoms with E-state index in [0.717, 1.165) is 31.2 Å². The molecule has 2 rings (SSSR count). The molecule has 0 atom stereocenters. The number of amides is 2. The number of nitrogens with one attached hydrogen (secondary N) is 2. The van der Waals surface area contributed by atoms with Crippen LogP contribution in [0.25, 0.3) is 0 Å². The van der Waals surface area contributed by atoms with Gasteiger partial charge in [0, 0.05) is 17.8 Å². The highest BCUT2D eigenvalue weighted by atomic mass is 16.5. The molecule has 25 heavy (non-hydrogen) atoms. The molecule has 0 heterocycles. The largest absolute Gasteiger partial charge is 0.497 e. The molecule has 2 N–H and O–H groups in total. The molecule has 1 aliphatic rings. The number of anilines is 1. The number of carbonyl (C=O) groups is 2. The van der Waals surface area contributed by atoms with Crippen LogP contribution in [0.2, 0.25) is 0 Å². The maximum Gasteiger partial charge on any atom is 0.313 e. The number of hydrogen-bond donors (Lipinski definition) is 2. The Bertz CT molecular complexity index is 622. The Balaban J connectivity index is 1.95. The molecule has 0 aliphatic heterocycles. The highest BCUT2D eigenvalue weighted by molar-refractivity contribution is 6.39. The van der Waals surface area contributed by atoms with Crippen LogP contribution in [0.15, 0.2) is 18.2 Å². The van der Waals surface area contributed by atoms with E-state index in [1.807, 2.05) is 27.1 Å². The number of benzene rings is 1. The van der Waals surface area contributed by atoms with Gasteiger partial charge in [-0.2, -0.15) is 0 Å². The number of carbonyl (C=O) groups excluding carboxylic acids is 2. The van der Waals surface area contributed by atoms with Crippen LogP contribution in [-0.2, 0) is 9.59 Å². The monoisotopic (exact) mass is 347 g/mol. The van der Waals surface area contributed by atoms with Gasteiger partial charge < -0.3 is 20.3 Å². The molecule has 0 saturated heterocycles. The van der Waals surface area contributed by atoms with Crippen LogP contribution >= 0.6 is 0 Å². The number of aryl methyl sites for hydroxylation is 1. The van der Waals surface area contributed by atoms with Gasteiger partial charge >= 0.3 is 11.8 Å². The van der Waals surface area contributed by atoms with Gasteiger partial charge in [-0.3, -0.25) is 9.59 Å². The van der Waals surface area contributed by atoms with Crippen LogP contribution < -0.4 is 15.4 Å². The molecule has 0 bridgehead atoms. The lowest BCUT2D eigenvalue weighted by Gasteiger charge is -2.43. The summed E-state index contributed by atoms with van der Waals surface area (Å²) >= 11 is 0. The van der Waals surface area contributed by atoms with Crippen LogP contribution in [0.4, 0.5) is 5.69 Å². The Morgan fingerprint density at radius 3 is 2.40 bits per heavy atom. The van der Waals surface area contributed by atoms with Crippen molar-refractivity contribution in [3.8, 4) is 5.75 Å². The van der Waals surface area contributed by atoms with E-state index >= 15 is 0 Å². The molecular formula is C19H29N3O3. The number of methoxy groups -OCH3 is 1. The first-order chi connectivity index (χ1) is 11.9. The summed E-state index contributed by atoms with van der Waals surface area (Å²) in [7, 11) is 5.67. The first-order valence-electron chi connectivity index (χ1n) is 8.79. The topological polar surface area (TPSA) is 70.7 Å². The summed E-state index contributed by atoms with van der Waals surface area (Å²) in [5.74, 6) is -0.523. The average Bonchev–Trinajstić information content (AvgIpc) is 2.61. The Kier molecular flexibility index (Phi) is 6.42. The third-order valence-corrected chi connectivity index (χ3v) is 5.20. The fraction of sp³-hybridized carbons (Fsp3) is 0.579. The van der Waals surface area contributed by atoms with Crippen molar-refractivity contribution < 1.29 is 14.3 Å². The molecule has 0 aromatic heterocycles. The van der Waals surface area contributed by atoms with Crippen molar-refractivity contribution in [3.63, 3.8) is 0 Å². The van der Waals surface area contributed by atoms with Crippen molar-refractivity contribution in [3.05, 3.63) is 23.8 Å². The SMILES string of the molecule is COc1ccc(NC(=O)C(=O)NCC2(N(C)C)CCCCC2)c(C)c1. The van der Waals surface area contributed by atoms with Gasteiger partial charge in [-0.25, -0.2) is 0 Å². The van der Waals surface area contributed by atoms with E-state index < -0.39 is 11.8 Å². The van der Waals surface area contributed by atoms with Gasteiger partial charge in [0.1, 0.15) is 5.75 Å². The van der Waals surface area contributed by atoms with Crippen molar-refractivity contribution in [2.75, 3.05) is 33.1 Å². The molecule has 0 spiro atoms. The third-order valence-electron chi connectivity index (χ3n) is 5.20. The minimum absolute atomic E-state index is 0.0514. The first-order valence-corrected chi connectivity index (χ1v) is 8.79. The Labute approximate surface area is 149 Å². The van der Waals surface area contributed by atoms with Crippen molar-refractivity contribution in [2.24, 2.45) is 0 Å². The van der Waals surface area contributed by atoms with Crippen molar-refractivity contribution in [1.29, 1.82) is 0 Å². The van der Waals surface area contributed by atoms with Gasteiger partial charge in [-0.05, 0) is 57.6 Å². The minimum Gasteiger partial charge on any atom is -0.497 e. The summed E-state index contributed by atoms with van der Waals surface area (Å²) in [6.07, 6.45) is 5.64. The number of hydrogen-bond acceptors (Lipinski definition) is 4. The maximum absolute atomic E-state index is 12.2. The number of ether oxygens (including phenoxy) is 1. The Morgan fingerprint density at radius 2 is 1.84 bits per heavy atom. The zero-order valence-corrected chi connectivity index (χ0v) is 15.6. The van der Waals surface area contributed by atoms with Crippen LogP contribution in [0.3, 0.4) is 0 Å². The smallest absolute Gasteiger partial charge is 0.313 e. The highest BCUT2D eigenvalue weighted by Gasteiger charge is 2.35. The summed E-state index contributed by atoms with van der Waals surface area (Å²) in [5, 5.41) is 5.49. The molecule has 0 radical (unpaired) electrons. The second-order valence-electron chi connectivity index (χ2n) is 7.00. The normalized spacial score (nSPS) is 16.4. The molecule has 1 fully saturated rings. The molecule has 2 amide bonds. The van der Waals surface area contributed by atoms with Crippen LogP contribution in [0, 0.1) is 6.92 Å². The molecule has 0 unspecified atom stereocenters. The van der Waals surface area contributed by atoms with E-state index in [1.54, 1.807) is 19.2 Å². The van der Waals surface area contributed by atoms with Crippen LogP contribution in [0.1, 0.15) is 37.7 Å². The van der Waals surface area contributed by atoms with E-state index in [0.29, 0.717) is 18.0 Å². The van der Waals surface area contributed by atoms with Gasteiger partial charge in [0.15, 0.2) is 0 Å². The summed E-state index contributed by atoms with van der Waals surface area (Å²) in [5.41, 5.74) is 1.41. The van der Waals surface area contributed by atoms with E-state index in [-0.39, 0.29) is 5.54 Å².